The zero-order valence-corrected chi connectivity index (χ0v) is 17.4. The molecule has 2 aromatic carbocycles. The normalized spacial score (nSPS) is 15.3. The van der Waals surface area contributed by atoms with Gasteiger partial charge in [0.1, 0.15) is 5.75 Å². The van der Waals surface area contributed by atoms with Crippen LogP contribution >= 0.6 is 0 Å². The number of ether oxygens (including phenoxy) is 2. The van der Waals surface area contributed by atoms with Crippen LogP contribution in [0.4, 0.5) is 5.69 Å². The van der Waals surface area contributed by atoms with Crippen LogP contribution in [0.25, 0.3) is 0 Å². The van der Waals surface area contributed by atoms with E-state index in [1.807, 2.05) is 19.9 Å². The van der Waals surface area contributed by atoms with E-state index in [1.54, 1.807) is 30.3 Å². The molecule has 0 aromatic heterocycles. The topological polar surface area (TPSA) is 84.9 Å². The summed E-state index contributed by atoms with van der Waals surface area (Å²) in [6.07, 6.45) is 0. The highest BCUT2D eigenvalue weighted by Gasteiger charge is 2.26. The van der Waals surface area contributed by atoms with Gasteiger partial charge in [0.2, 0.25) is 10.0 Å². The minimum atomic E-state index is -3.56. The van der Waals surface area contributed by atoms with E-state index in [0.717, 1.165) is 0 Å². The number of rotatable bonds is 7. The van der Waals surface area contributed by atoms with Gasteiger partial charge in [0.25, 0.3) is 5.91 Å². The largest absolute Gasteiger partial charge is 0.492 e. The van der Waals surface area contributed by atoms with Gasteiger partial charge in [-0.2, -0.15) is 4.31 Å². The number of para-hydroxylation sites is 1. The average molecular weight is 419 g/mol. The van der Waals surface area contributed by atoms with Crippen molar-refractivity contribution in [3.8, 4) is 5.75 Å². The van der Waals surface area contributed by atoms with E-state index >= 15 is 0 Å². The molecule has 0 saturated carbocycles. The molecular formula is C21H26N2O5S. The molecule has 7 nitrogen and oxygen atoms in total. The van der Waals surface area contributed by atoms with E-state index in [2.05, 4.69) is 5.32 Å². The molecule has 1 amide bonds. The Labute approximate surface area is 171 Å². The molecule has 0 bridgehead atoms. The molecular weight excluding hydrogens is 392 g/mol. The second-order valence-corrected chi connectivity index (χ2v) is 9.13. The third-order valence-corrected chi connectivity index (χ3v) is 6.34. The Morgan fingerprint density at radius 1 is 1.10 bits per heavy atom. The highest BCUT2D eigenvalue weighted by atomic mass is 32.2. The van der Waals surface area contributed by atoms with Crippen molar-refractivity contribution in [1.82, 2.24) is 4.31 Å². The fraction of sp³-hybridized carbons (Fsp3) is 0.381. The standard InChI is InChI=1S/C21H26N2O5S/c1-16(2)15-28-20-6-4-3-5-19(20)21(24)22-17-7-9-18(10-8-17)29(25,26)23-11-13-27-14-12-23/h3-10,16H,11-15H2,1-2H3,(H,22,24). The second-order valence-electron chi connectivity index (χ2n) is 7.20. The Bertz CT molecular complexity index is 936. The lowest BCUT2D eigenvalue weighted by molar-refractivity contribution is 0.0730. The lowest BCUT2D eigenvalue weighted by Gasteiger charge is -2.26. The van der Waals surface area contributed by atoms with Crippen LogP contribution in [0.3, 0.4) is 0 Å². The first-order valence-electron chi connectivity index (χ1n) is 9.59. The van der Waals surface area contributed by atoms with Gasteiger partial charge in [-0.25, -0.2) is 8.42 Å². The van der Waals surface area contributed by atoms with Gasteiger partial charge in [0.15, 0.2) is 0 Å². The molecule has 0 unspecified atom stereocenters. The van der Waals surface area contributed by atoms with Gasteiger partial charge < -0.3 is 14.8 Å². The quantitative estimate of drug-likeness (QED) is 0.747. The molecule has 1 fully saturated rings. The SMILES string of the molecule is CC(C)COc1ccccc1C(=O)Nc1ccc(S(=O)(=O)N2CCOCC2)cc1. The number of nitrogens with zero attached hydrogens (tertiary/aromatic N) is 1. The van der Waals surface area contributed by atoms with Gasteiger partial charge >= 0.3 is 0 Å². The first kappa shape index (κ1) is 21.3. The van der Waals surface area contributed by atoms with Crippen molar-refractivity contribution in [2.45, 2.75) is 18.7 Å². The van der Waals surface area contributed by atoms with Crippen molar-refractivity contribution in [1.29, 1.82) is 0 Å². The Kier molecular flexibility index (Phi) is 6.89. The maximum Gasteiger partial charge on any atom is 0.259 e. The van der Waals surface area contributed by atoms with Crippen molar-refractivity contribution in [2.24, 2.45) is 5.92 Å². The maximum absolute atomic E-state index is 12.7. The first-order chi connectivity index (χ1) is 13.9. The van der Waals surface area contributed by atoms with Gasteiger partial charge in [-0.3, -0.25) is 4.79 Å². The maximum atomic E-state index is 12.7. The van der Waals surface area contributed by atoms with Gasteiger partial charge in [-0.15, -0.1) is 0 Å². The van der Waals surface area contributed by atoms with Crippen LogP contribution in [0.5, 0.6) is 5.75 Å². The highest BCUT2D eigenvalue weighted by Crippen LogP contribution is 2.22. The molecule has 2 aromatic rings. The summed E-state index contributed by atoms with van der Waals surface area (Å²) in [5.41, 5.74) is 0.938. The van der Waals surface area contributed by atoms with Crippen LogP contribution in [0.2, 0.25) is 0 Å². The first-order valence-corrected chi connectivity index (χ1v) is 11.0. The number of nitrogens with one attached hydrogen (secondary N) is 1. The van der Waals surface area contributed by atoms with E-state index in [0.29, 0.717) is 55.8 Å². The number of sulfonamides is 1. The van der Waals surface area contributed by atoms with Crippen LogP contribution < -0.4 is 10.1 Å². The molecule has 1 saturated heterocycles. The molecule has 1 N–H and O–H groups in total. The fourth-order valence-electron chi connectivity index (χ4n) is 2.88. The van der Waals surface area contributed by atoms with E-state index < -0.39 is 10.0 Å². The second kappa shape index (κ2) is 9.39. The molecule has 1 heterocycles. The number of anilines is 1. The Hall–Kier alpha value is -2.42. The molecule has 8 heteroatoms. The molecule has 0 radical (unpaired) electrons. The summed E-state index contributed by atoms with van der Waals surface area (Å²) in [7, 11) is -3.56. The number of hydrogen-bond acceptors (Lipinski definition) is 5. The van der Waals surface area contributed by atoms with Crippen molar-refractivity contribution >= 4 is 21.6 Å². The van der Waals surface area contributed by atoms with E-state index in [9.17, 15) is 13.2 Å². The van der Waals surface area contributed by atoms with Crippen LogP contribution in [0.15, 0.2) is 53.4 Å². The number of amides is 1. The summed E-state index contributed by atoms with van der Waals surface area (Å²) in [5, 5.41) is 2.80. The lowest BCUT2D eigenvalue weighted by atomic mass is 10.1. The zero-order valence-electron chi connectivity index (χ0n) is 16.6. The molecule has 3 rings (SSSR count). The number of hydrogen-bond donors (Lipinski definition) is 1. The molecule has 29 heavy (non-hydrogen) atoms. The van der Waals surface area contributed by atoms with Crippen LogP contribution in [0, 0.1) is 5.92 Å². The summed E-state index contributed by atoms with van der Waals surface area (Å²) in [5.74, 6) is 0.547. The minimum Gasteiger partial charge on any atom is -0.492 e. The van der Waals surface area contributed by atoms with Gasteiger partial charge in [0, 0.05) is 18.8 Å². The molecule has 0 atom stereocenters. The van der Waals surface area contributed by atoms with Gasteiger partial charge in [0.05, 0.1) is 30.3 Å². The van der Waals surface area contributed by atoms with E-state index in [1.165, 1.54) is 16.4 Å². The fourth-order valence-corrected chi connectivity index (χ4v) is 4.29. The highest BCUT2D eigenvalue weighted by molar-refractivity contribution is 7.89. The van der Waals surface area contributed by atoms with Crippen LogP contribution in [-0.4, -0.2) is 51.5 Å². The smallest absolute Gasteiger partial charge is 0.259 e. The van der Waals surface area contributed by atoms with Crippen molar-refractivity contribution in [2.75, 3.05) is 38.2 Å². The van der Waals surface area contributed by atoms with Crippen molar-refractivity contribution in [3.05, 3.63) is 54.1 Å². The van der Waals surface area contributed by atoms with E-state index in [4.69, 9.17) is 9.47 Å². The Morgan fingerprint density at radius 2 is 1.76 bits per heavy atom. The molecule has 0 spiro atoms. The number of benzene rings is 2. The van der Waals surface area contributed by atoms with E-state index in [-0.39, 0.29) is 10.8 Å². The lowest BCUT2D eigenvalue weighted by Crippen LogP contribution is -2.40. The summed E-state index contributed by atoms with van der Waals surface area (Å²) in [6, 6.07) is 13.2. The third kappa shape index (κ3) is 5.35. The average Bonchev–Trinajstić information content (AvgIpc) is 2.73. The summed E-state index contributed by atoms with van der Waals surface area (Å²) in [4.78, 5) is 12.9. The predicted octanol–water partition coefficient (Wildman–Crippen LogP) is 2.99. The summed E-state index contributed by atoms with van der Waals surface area (Å²) in [6.45, 7) is 6.06. The van der Waals surface area contributed by atoms with Crippen LogP contribution in [0.1, 0.15) is 24.2 Å². The monoisotopic (exact) mass is 418 g/mol. The van der Waals surface area contributed by atoms with Gasteiger partial charge in [-0.1, -0.05) is 26.0 Å². The van der Waals surface area contributed by atoms with Crippen molar-refractivity contribution in [3.63, 3.8) is 0 Å². The summed E-state index contributed by atoms with van der Waals surface area (Å²) >= 11 is 0. The molecule has 1 aliphatic heterocycles. The predicted molar refractivity (Wildman–Crippen MR) is 111 cm³/mol. The number of morpholine rings is 1. The summed E-state index contributed by atoms with van der Waals surface area (Å²) < 4.78 is 37.7. The third-order valence-electron chi connectivity index (χ3n) is 4.42. The number of carbonyl (C=O) groups is 1. The van der Waals surface area contributed by atoms with Gasteiger partial charge in [-0.05, 0) is 42.3 Å². The minimum absolute atomic E-state index is 0.193. The Balaban J connectivity index is 1.71. The number of carbonyl (C=O) groups excluding carboxylic acids is 1. The molecule has 156 valence electrons. The van der Waals surface area contributed by atoms with Crippen molar-refractivity contribution < 1.29 is 22.7 Å². The Morgan fingerprint density at radius 3 is 2.41 bits per heavy atom. The molecule has 1 aliphatic rings. The molecule has 0 aliphatic carbocycles. The zero-order chi connectivity index (χ0) is 20.9. The van der Waals surface area contributed by atoms with Crippen LogP contribution in [-0.2, 0) is 14.8 Å².